The van der Waals surface area contributed by atoms with E-state index in [0.29, 0.717) is 0 Å². The van der Waals surface area contributed by atoms with Crippen molar-refractivity contribution >= 4 is 26.2 Å². The van der Waals surface area contributed by atoms with Gasteiger partial charge in [0.05, 0.1) is 0 Å². The molecule has 35 heavy (non-hydrogen) atoms. The average Bonchev–Trinajstić information content (AvgIpc) is 2.86. The molecule has 0 saturated carbocycles. The van der Waals surface area contributed by atoms with E-state index in [9.17, 15) is 0 Å². The summed E-state index contributed by atoms with van der Waals surface area (Å²) < 4.78 is 0. The van der Waals surface area contributed by atoms with Crippen LogP contribution in [0.1, 0.15) is 51.4 Å². The minimum Gasteiger partial charge on any atom is -0.105 e. The summed E-state index contributed by atoms with van der Waals surface area (Å²) in [6.45, 7) is 17.8. The van der Waals surface area contributed by atoms with Gasteiger partial charge in [-0.05, 0) is 125 Å². The molecule has 0 aliphatic carbocycles. The molecule has 0 saturated heterocycles. The SMILES string of the molecule is C=C(c1cc(C)c(P)c(C)c1C)c1c(/C=C\C)cc(-c2ccccc2)c(-c2ccccc2C)c1C. The van der Waals surface area contributed by atoms with Crippen LogP contribution in [-0.2, 0) is 0 Å². The van der Waals surface area contributed by atoms with Crippen molar-refractivity contribution in [2.75, 3.05) is 0 Å². The molecule has 0 aromatic heterocycles. The fourth-order valence-corrected chi connectivity index (χ4v) is 5.45. The van der Waals surface area contributed by atoms with Crippen LogP contribution in [0.25, 0.3) is 33.9 Å². The van der Waals surface area contributed by atoms with Gasteiger partial charge in [-0.15, -0.1) is 9.24 Å². The van der Waals surface area contributed by atoms with Gasteiger partial charge in [-0.2, -0.15) is 0 Å². The standard InChI is InChI=1S/C34H35P/c1-8-14-28-20-31(27-16-10-9-11-17-27)33(29-18-13-12-15-21(29)2)26(7)32(28)25(6)30-19-22(3)34(35)24(5)23(30)4/h8-20H,6,35H2,1-5,7H3/b14-8-. The van der Waals surface area contributed by atoms with Crippen LogP contribution in [0, 0.1) is 34.6 Å². The van der Waals surface area contributed by atoms with Crippen molar-refractivity contribution in [2.45, 2.75) is 41.5 Å². The van der Waals surface area contributed by atoms with Gasteiger partial charge in [0.2, 0.25) is 0 Å². The van der Waals surface area contributed by atoms with E-state index < -0.39 is 0 Å². The van der Waals surface area contributed by atoms with Crippen molar-refractivity contribution in [3.8, 4) is 22.3 Å². The van der Waals surface area contributed by atoms with Crippen LogP contribution in [0.3, 0.4) is 0 Å². The van der Waals surface area contributed by atoms with Crippen molar-refractivity contribution in [3.05, 3.63) is 124 Å². The van der Waals surface area contributed by atoms with Crippen LogP contribution >= 0.6 is 9.24 Å². The molecule has 4 aromatic carbocycles. The first-order valence-corrected chi connectivity index (χ1v) is 12.8. The Bertz CT molecular complexity index is 1450. The van der Waals surface area contributed by atoms with E-state index >= 15 is 0 Å². The molecule has 0 aliphatic rings. The quantitative estimate of drug-likeness (QED) is 0.253. The van der Waals surface area contributed by atoms with E-state index in [-0.39, 0.29) is 0 Å². The lowest BCUT2D eigenvalue weighted by molar-refractivity contribution is 1.30. The second kappa shape index (κ2) is 10.2. The van der Waals surface area contributed by atoms with Crippen molar-refractivity contribution in [1.82, 2.24) is 0 Å². The maximum atomic E-state index is 4.69. The largest absolute Gasteiger partial charge is 0.105 e. The second-order valence-corrected chi connectivity index (χ2v) is 10.0. The van der Waals surface area contributed by atoms with Crippen LogP contribution < -0.4 is 5.30 Å². The Kier molecular flexibility index (Phi) is 7.25. The third-order valence-corrected chi connectivity index (χ3v) is 8.12. The Morgan fingerprint density at radius 2 is 1.40 bits per heavy atom. The maximum absolute atomic E-state index is 4.69. The third kappa shape index (κ3) is 4.56. The van der Waals surface area contributed by atoms with Crippen LogP contribution in [0.5, 0.6) is 0 Å². The van der Waals surface area contributed by atoms with E-state index in [2.05, 4.69) is 130 Å². The molecule has 0 nitrogen and oxygen atoms in total. The highest BCUT2D eigenvalue weighted by atomic mass is 31.0. The van der Waals surface area contributed by atoms with Gasteiger partial charge >= 0.3 is 0 Å². The summed E-state index contributed by atoms with van der Waals surface area (Å²) in [6.07, 6.45) is 4.35. The van der Waals surface area contributed by atoms with Crippen molar-refractivity contribution < 1.29 is 0 Å². The third-order valence-electron chi connectivity index (χ3n) is 7.24. The molecule has 1 heteroatoms. The number of allylic oxidation sites excluding steroid dienone is 1. The van der Waals surface area contributed by atoms with Crippen molar-refractivity contribution in [2.24, 2.45) is 0 Å². The fourth-order valence-electron chi connectivity index (χ4n) is 5.15. The Balaban J connectivity index is 2.10. The molecule has 0 fully saturated rings. The minimum atomic E-state index is 1.08. The summed E-state index contributed by atoms with van der Waals surface area (Å²) >= 11 is 0. The van der Waals surface area contributed by atoms with Gasteiger partial charge in [0.25, 0.3) is 0 Å². The molecule has 0 bridgehead atoms. The second-order valence-electron chi connectivity index (χ2n) is 9.45. The van der Waals surface area contributed by atoms with Gasteiger partial charge in [0, 0.05) is 0 Å². The lowest BCUT2D eigenvalue weighted by Crippen LogP contribution is -2.09. The number of hydrogen-bond acceptors (Lipinski definition) is 0. The monoisotopic (exact) mass is 474 g/mol. The normalized spacial score (nSPS) is 11.3. The predicted molar refractivity (Wildman–Crippen MR) is 160 cm³/mol. The molecule has 1 unspecified atom stereocenters. The maximum Gasteiger partial charge on any atom is -0.00668 e. The molecule has 0 heterocycles. The van der Waals surface area contributed by atoms with Gasteiger partial charge in [0.15, 0.2) is 0 Å². The summed E-state index contributed by atoms with van der Waals surface area (Å²) in [6, 6.07) is 24.1. The number of benzene rings is 4. The number of hydrogen-bond donors (Lipinski definition) is 0. The molecule has 0 aliphatic heterocycles. The average molecular weight is 475 g/mol. The van der Waals surface area contributed by atoms with Gasteiger partial charge in [-0.1, -0.05) is 79.4 Å². The molecular formula is C34H35P. The van der Waals surface area contributed by atoms with Gasteiger partial charge in [-0.25, -0.2) is 0 Å². The van der Waals surface area contributed by atoms with Crippen LogP contribution in [-0.4, -0.2) is 0 Å². The first kappa shape index (κ1) is 24.9. The molecule has 0 spiro atoms. The lowest BCUT2D eigenvalue weighted by Gasteiger charge is -2.24. The van der Waals surface area contributed by atoms with Gasteiger partial charge in [-0.3, -0.25) is 0 Å². The highest BCUT2D eigenvalue weighted by Crippen LogP contribution is 2.43. The summed E-state index contributed by atoms with van der Waals surface area (Å²) in [5.74, 6) is 0. The van der Waals surface area contributed by atoms with Crippen molar-refractivity contribution in [1.29, 1.82) is 0 Å². The van der Waals surface area contributed by atoms with Crippen LogP contribution in [0.4, 0.5) is 0 Å². The van der Waals surface area contributed by atoms with Gasteiger partial charge in [0.1, 0.15) is 0 Å². The molecule has 4 rings (SSSR count). The fraction of sp³-hybridized carbons (Fsp3) is 0.176. The lowest BCUT2D eigenvalue weighted by atomic mass is 9.80. The molecule has 1 atom stereocenters. The topological polar surface area (TPSA) is 0 Å². The molecule has 0 N–H and O–H groups in total. The highest BCUT2D eigenvalue weighted by Gasteiger charge is 2.21. The predicted octanol–water partition coefficient (Wildman–Crippen LogP) is 9.16. The Labute approximate surface area is 213 Å². The van der Waals surface area contributed by atoms with E-state index in [4.69, 9.17) is 6.58 Å². The summed E-state index contributed by atoms with van der Waals surface area (Å²) in [5, 5.41) is 1.28. The highest BCUT2D eigenvalue weighted by molar-refractivity contribution is 7.27. The van der Waals surface area contributed by atoms with E-state index in [1.54, 1.807) is 0 Å². The summed E-state index contributed by atoms with van der Waals surface area (Å²) in [5.41, 5.74) is 16.2. The van der Waals surface area contributed by atoms with Crippen LogP contribution in [0.15, 0.2) is 79.4 Å². The Morgan fingerprint density at radius 1 is 0.743 bits per heavy atom. The molecule has 176 valence electrons. The van der Waals surface area contributed by atoms with Crippen LogP contribution in [0.2, 0.25) is 0 Å². The zero-order valence-electron chi connectivity index (χ0n) is 21.8. The number of rotatable bonds is 5. The van der Waals surface area contributed by atoms with E-state index in [1.165, 1.54) is 72.1 Å². The first-order valence-electron chi connectivity index (χ1n) is 12.2. The molecule has 0 amide bonds. The smallest absolute Gasteiger partial charge is 0.00668 e. The van der Waals surface area contributed by atoms with E-state index in [0.717, 1.165) is 5.57 Å². The number of aryl methyl sites for hydroxylation is 2. The van der Waals surface area contributed by atoms with Gasteiger partial charge < -0.3 is 0 Å². The zero-order valence-corrected chi connectivity index (χ0v) is 22.9. The van der Waals surface area contributed by atoms with E-state index in [1.807, 2.05) is 0 Å². The van der Waals surface area contributed by atoms with Crippen molar-refractivity contribution in [3.63, 3.8) is 0 Å². The summed E-state index contributed by atoms with van der Waals surface area (Å²) in [7, 11) is 2.90. The molecular weight excluding hydrogens is 439 g/mol. The molecule has 0 radical (unpaired) electrons. The molecule has 4 aromatic rings. The minimum absolute atomic E-state index is 1.08. The zero-order chi connectivity index (χ0) is 25.3. The Morgan fingerprint density at radius 3 is 2.06 bits per heavy atom. The first-order chi connectivity index (χ1) is 16.8. The Hall–Kier alpha value is -3.21. The summed E-state index contributed by atoms with van der Waals surface area (Å²) in [4.78, 5) is 0.